The van der Waals surface area contributed by atoms with E-state index in [4.69, 9.17) is 0 Å². The molecule has 1 aromatic heterocycles. The van der Waals surface area contributed by atoms with Crippen molar-refractivity contribution in [2.45, 2.75) is 78.2 Å². The van der Waals surface area contributed by atoms with Crippen LogP contribution in [0.25, 0.3) is 5.69 Å². The predicted octanol–water partition coefficient (Wildman–Crippen LogP) is 10.2. The molecule has 0 bridgehead atoms. The van der Waals surface area contributed by atoms with Crippen LogP contribution in [-0.4, -0.2) is 27.7 Å². The molecule has 45 heavy (non-hydrogen) atoms. The number of hydrogen-bond donors (Lipinski definition) is 0. The summed E-state index contributed by atoms with van der Waals surface area (Å²) in [6.07, 6.45) is 34.5. The molecule has 1 aliphatic rings. The van der Waals surface area contributed by atoms with Crippen LogP contribution < -0.4 is 0 Å². The van der Waals surface area contributed by atoms with Gasteiger partial charge in [-0.15, -0.1) is 6.58 Å². The number of rotatable bonds is 13. The molecule has 236 valence electrons. The second-order valence-corrected chi connectivity index (χ2v) is 11.6. The van der Waals surface area contributed by atoms with E-state index < -0.39 is 0 Å². The first-order valence-electron chi connectivity index (χ1n) is 16.3. The molecular formula is C41H52N4. The molecule has 0 spiro atoms. The van der Waals surface area contributed by atoms with Gasteiger partial charge >= 0.3 is 0 Å². The van der Waals surface area contributed by atoms with Gasteiger partial charge in [0, 0.05) is 43.0 Å². The molecule has 4 heteroatoms. The van der Waals surface area contributed by atoms with Crippen LogP contribution in [0.4, 0.5) is 0 Å². The largest absolute Gasteiger partial charge is 0.368 e. The van der Waals surface area contributed by atoms with Gasteiger partial charge in [-0.05, 0) is 98.7 Å². The predicted molar refractivity (Wildman–Crippen MR) is 195 cm³/mol. The lowest BCUT2D eigenvalue weighted by atomic mass is 9.79. The fraction of sp³-hybridized carbons (Fsp3) is 0.317. The molecule has 3 aromatic rings. The molecule has 0 amide bonds. The van der Waals surface area contributed by atoms with Crippen molar-refractivity contribution in [1.82, 2.24) is 14.5 Å². The molecule has 2 unspecified atom stereocenters. The molecule has 0 saturated carbocycles. The Morgan fingerprint density at radius 1 is 1.02 bits per heavy atom. The molecule has 4 rings (SSSR count). The molecule has 0 N–H and O–H groups in total. The summed E-state index contributed by atoms with van der Waals surface area (Å²) >= 11 is 0. The van der Waals surface area contributed by atoms with Crippen LogP contribution in [0.1, 0.15) is 82.2 Å². The summed E-state index contributed by atoms with van der Waals surface area (Å²) in [4.78, 5) is 10.9. The fourth-order valence-electron chi connectivity index (χ4n) is 5.38. The number of nitrogens with zero attached hydrogens (tertiary/aromatic N) is 4. The van der Waals surface area contributed by atoms with Crippen molar-refractivity contribution >= 4 is 6.21 Å². The molecule has 4 nitrogen and oxygen atoms in total. The first-order chi connectivity index (χ1) is 21.8. The third kappa shape index (κ3) is 9.28. The van der Waals surface area contributed by atoms with Crippen LogP contribution in [0.3, 0.4) is 0 Å². The van der Waals surface area contributed by atoms with Crippen molar-refractivity contribution in [2.24, 2.45) is 4.99 Å². The van der Waals surface area contributed by atoms with Crippen LogP contribution in [0.15, 0.2) is 134 Å². The van der Waals surface area contributed by atoms with Crippen LogP contribution in [-0.2, 0) is 23.8 Å². The van der Waals surface area contributed by atoms with Gasteiger partial charge in [0.2, 0.25) is 0 Å². The summed E-state index contributed by atoms with van der Waals surface area (Å²) in [5.41, 5.74) is 6.95. The molecule has 0 saturated heterocycles. The number of likely N-dealkylation sites (N-methyl/N-ethyl adjacent to an activating group) is 1. The topological polar surface area (TPSA) is 33.4 Å². The Morgan fingerprint density at radius 3 is 2.49 bits per heavy atom. The number of aliphatic imine (C=N–C) groups is 1. The SMILES string of the molecule is C=CC(C)(/C=C\C=C/C)c1cc(CC/C=C\N=CCC)cc(Cc2cc(-n3ccnc3)cc(C3(C)C=CC=CN3C)c2)c1.CC. The molecule has 2 atom stereocenters. The van der Waals surface area contributed by atoms with Crippen molar-refractivity contribution in [3.05, 3.63) is 157 Å². The Bertz CT molecular complexity index is 1550. The fourth-order valence-corrected chi connectivity index (χ4v) is 5.38. The quantitative estimate of drug-likeness (QED) is 0.111. The van der Waals surface area contributed by atoms with Crippen LogP contribution in [0, 0.1) is 0 Å². The third-order valence-corrected chi connectivity index (χ3v) is 8.27. The summed E-state index contributed by atoms with van der Waals surface area (Å²) < 4.78 is 2.09. The summed E-state index contributed by atoms with van der Waals surface area (Å²) in [7, 11) is 2.14. The summed E-state index contributed by atoms with van der Waals surface area (Å²) in [5, 5.41) is 0. The van der Waals surface area contributed by atoms with Crippen molar-refractivity contribution < 1.29 is 0 Å². The van der Waals surface area contributed by atoms with Gasteiger partial charge in [0.15, 0.2) is 0 Å². The van der Waals surface area contributed by atoms with E-state index >= 15 is 0 Å². The molecule has 1 aliphatic heterocycles. The first-order valence-corrected chi connectivity index (χ1v) is 16.3. The lowest BCUT2D eigenvalue weighted by molar-refractivity contribution is 0.261. The minimum Gasteiger partial charge on any atom is -0.368 e. The van der Waals surface area contributed by atoms with Gasteiger partial charge < -0.3 is 9.47 Å². The highest BCUT2D eigenvalue weighted by atomic mass is 15.2. The van der Waals surface area contributed by atoms with Crippen LogP contribution in [0.5, 0.6) is 0 Å². The minimum absolute atomic E-state index is 0.251. The van der Waals surface area contributed by atoms with Crippen molar-refractivity contribution in [3.8, 4) is 5.69 Å². The maximum atomic E-state index is 4.34. The highest BCUT2D eigenvalue weighted by Gasteiger charge is 2.29. The number of aromatic nitrogens is 2. The van der Waals surface area contributed by atoms with E-state index in [0.717, 1.165) is 31.4 Å². The normalized spacial score (nSPS) is 17.8. The Hall–Kier alpha value is -4.44. The average Bonchev–Trinajstić information content (AvgIpc) is 3.60. The van der Waals surface area contributed by atoms with E-state index in [-0.39, 0.29) is 11.0 Å². The Kier molecular flexibility index (Phi) is 13.4. The standard InChI is InChI=1S/C39H46N4.C2H6/c1-7-10-12-17-38(4,9-3)35-26-32(16-11-14-20-40-19-8-2)24-33(27-35)25-34-28-36(39(5)18-13-15-22-42(39)6)30-37(29-34)43-23-21-41-31-43;1-2/h7,9-10,12-15,17-24,26-31H,3,8,11,16,25H2,1-2,4-6H3;1-2H3/b10-7-,17-12-,20-14-,40-19?;. The van der Waals surface area contributed by atoms with E-state index in [1.165, 1.54) is 27.8 Å². The zero-order valence-electron chi connectivity index (χ0n) is 28.4. The monoisotopic (exact) mass is 600 g/mol. The van der Waals surface area contributed by atoms with Gasteiger partial charge in [0.25, 0.3) is 0 Å². The van der Waals surface area contributed by atoms with E-state index in [0.29, 0.717) is 0 Å². The van der Waals surface area contributed by atoms with Gasteiger partial charge in [-0.2, -0.15) is 0 Å². The zero-order chi connectivity index (χ0) is 32.7. The molecule has 2 aromatic carbocycles. The molecule has 0 radical (unpaired) electrons. The number of allylic oxidation sites excluding steroid dienone is 8. The van der Waals surface area contributed by atoms with E-state index in [1.807, 2.05) is 58.0 Å². The van der Waals surface area contributed by atoms with Gasteiger partial charge in [0.05, 0.1) is 11.9 Å². The third-order valence-electron chi connectivity index (χ3n) is 8.27. The molecule has 0 fully saturated rings. The van der Waals surface area contributed by atoms with Crippen LogP contribution in [0.2, 0.25) is 0 Å². The van der Waals surface area contributed by atoms with Gasteiger partial charge in [-0.1, -0.05) is 93.6 Å². The van der Waals surface area contributed by atoms with E-state index in [9.17, 15) is 0 Å². The summed E-state index contributed by atoms with van der Waals surface area (Å²) in [6, 6.07) is 14.0. The lowest BCUT2D eigenvalue weighted by Crippen LogP contribution is -2.37. The summed E-state index contributed by atoms with van der Waals surface area (Å²) in [6.45, 7) is 16.9. The number of imidazole rings is 1. The van der Waals surface area contributed by atoms with E-state index in [1.54, 1.807) is 0 Å². The first kappa shape index (κ1) is 35.0. The minimum atomic E-state index is -0.287. The molecule has 0 aliphatic carbocycles. The Morgan fingerprint density at radius 2 is 1.80 bits per heavy atom. The van der Waals surface area contributed by atoms with Crippen LogP contribution >= 0.6 is 0 Å². The maximum absolute atomic E-state index is 4.34. The van der Waals surface area contributed by atoms with Crippen molar-refractivity contribution in [3.63, 3.8) is 0 Å². The average molecular weight is 601 g/mol. The lowest BCUT2D eigenvalue weighted by Gasteiger charge is -2.38. The second-order valence-electron chi connectivity index (χ2n) is 11.6. The highest BCUT2D eigenvalue weighted by Crippen LogP contribution is 2.35. The van der Waals surface area contributed by atoms with Gasteiger partial charge in [-0.3, -0.25) is 4.99 Å². The number of benzene rings is 2. The van der Waals surface area contributed by atoms with Crippen molar-refractivity contribution in [2.75, 3.05) is 7.05 Å². The number of hydrogen-bond acceptors (Lipinski definition) is 3. The Balaban J connectivity index is 0.00000271. The van der Waals surface area contributed by atoms with Gasteiger partial charge in [-0.25, -0.2) is 4.98 Å². The molecular weight excluding hydrogens is 548 g/mol. The summed E-state index contributed by atoms with van der Waals surface area (Å²) in [5.74, 6) is 0. The van der Waals surface area contributed by atoms with Gasteiger partial charge in [0.1, 0.15) is 0 Å². The zero-order valence-corrected chi connectivity index (χ0v) is 28.4. The Labute approximate surface area is 272 Å². The molecule has 2 heterocycles. The van der Waals surface area contributed by atoms with Crippen molar-refractivity contribution in [1.29, 1.82) is 0 Å². The highest BCUT2D eigenvalue weighted by molar-refractivity contribution is 5.57. The second kappa shape index (κ2) is 17.2. The maximum Gasteiger partial charge on any atom is 0.0991 e. The number of aryl methyl sites for hydroxylation is 1. The van der Waals surface area contributed by atoms with E-state index in [2.05, 4.69) is 145 Å². The smallest absolute Gasteiger partial charge is 0.0991 e.